The summed E-state index contributed by atoms with van der Waals surface area (Å²) >= 11 is 0. The quantitative estimate of drug-likeness (QED) is 0.882. The van der Waals surface area contributed by atoms with Gasteiger partial charge in [0.1, 0.15) is 0 Å². The van der Waals surface area contributed by atoms with Crippen LogP contribution in [0.2, 0.25) is 0 Å². The lowest BCUT2D eigenvalue weighted by Gasteiger charge is -2.35. The highest BCUT2D eigenvalue weighted by atomic mass is 32.2. The minimum atomic E-state index is -3.53. The minimum absolute atomic E-state index is 0.0450. The molecule has 0 aliphatic carbocycles. The molecule has 138 valence electrons. The van der Waals surface area contributed by atoms with Crippen molar-refractivity contribution in [2.45, 2.75) is 49.5 Å². The van der Waals surface area contributed by atoms with Gasteiger partial charge in [-0.3, -0.25) is 4.79 Å². The van der Waals surface area contributed by atoms with E-state index >= 15 is 0 Å². The number of likely N-dealkylation sites (tertiary alicyclic amines) is 1. The summed E-state index contributed by atoms with van der Waals surface area (Å²) in [7, 11) is -3.53. The molecule has 0 saturated carbocycles. The zero-order valence-corrected chi connectivity index (χ0v) is 15.4. The highest BCUT2D eigenvalue weighted by molar-refractivity contribution is 7.89. The van der Waals surface area contributed by atoms with Crippen molar-refractivity contribution >= 4 is 15.9 Å². The van der Waals surface area contributed by atoms with Gasteiger partial charge in [0.15, 0.2) is 0 Å². The molecule has 25 heavy (non-hydrogen) atoms. The number of benzene rings is 1. The van der Waals surface area contributed by atoms with Gasteiger partial charge in [-0.2, -0.15) is 4.31 Å². The third-order valence-electron chi connectivity index (χ3n) is 5.19. The molecule has 2 N–H and O–H groups in total. The lowest BCUT2D eigenvalue weighted by atomic mass is 10.0. The van der Waals surface area contributed by atoms with Gasteiger partial charge in [-0.15, -0.1) is 0 Å². The molecule has 2 aliphatic rings. The van der Waals surface area contributed by atoms with Crippen LogP contribution in [-0.2, 0) is 10.0 Å². The van der Waals surface area contributed by atoms with Crippen LogP contribution in [0.5, 0.6) is 0 Å². The van der Waals surface area contributed by atoms with Gasteiger partial charge >= 0.3 is 0 Å². The van der Waals surface area contributed by atoms with Crippen LogP contribution in [0.3, 0.4) is 0 Å². The Hall–Kier alpha value is -1.44. The van der Waals surface area contributed by atoms with Crippen molar-refractivity contribution in [1.29, 1.82) is 0 Å². The predicted octanol–water partition coefficient (Wildman–Crippen LogP) is 1.81. The second kappa shape index (κ2) is 7.85. The number of carbonyl (C=O) groups excluding carboxylic acids is 1. The van der Waals surface area contributed by atoms with E-state index in [1.807, 2.05) is 0 Å². The van der Waals surface area contributed by atoms with E-state index in [0.717, 1.165) is 38.5 Å². The van der Waals surface area contributed by atoms with Gasteiger partial charge in [0.25, 0.3) is 5.91 Å². The Morgan fingerprint density at radius 3 is 2.52 bits per heavy atom. The molecule has 1 amide bonds. The van der Waals surface area contributed by atoms with E-state index in [9.17, 15) is 13.2 Å². The van der Waals surface area contributed by atoms with Gasteiger partial charge in [0, 0.05) is 37.8 Å². The van der Waals surface area contributed by atoms with E-state index in [1.54, 1.807) is 23.1 Å². The van der Waals surface area contributed by atoms with Gasteiger partial charge in [-0.25, -0.2) is 8.42 Å². The molecule has 2 fully saturated rings. The van der Waals surface area contributed by atoms with E-state index in [-0.39, 0.29) is 16.8 Å². The monoisotopic (exact) mass is 365 g/mol. The third kappa shape index (κ3) is 3.88. The van der Waals surface area contributed by atoms with Crippen LogP contribution in [0.15, 0.2) is 29.2 Å². The highest BCUT2D eigenvalue weighted by Gasteiger charge is 2.29. The maximum absolute atomic E-state index is 12.9. The first-order chi connectivity index (χ1) is 12.0. The molecule has 7 heteroatoms. The molecular weight excluding hydrogens is 338 g/mol. The lowest BCUT2D eigenvalue weighted by molar-refractivity contribution is 0.0623. The summed E-state index contributed by atoms with van der Waals surface area (Å²) in [5.41, 5.74) is 6.24. The van der Waals surface area contributed by atoms with Crippen molar-refractivity contribution in [3.8, 4) is 0 Å². The van der Waals surface area contributed by atoms with Gasteiger partial charge < -0.3 is 10.6 Å². The van der Waals surface area contributed by atoms with Crippen LogP contribution in [-0.4, -0.2) is 55.8 Å². The van der Waals surface area contributed by atoms with Crippen LogP contribution in [0.1, 0.15) is 48.9 Å². The SMILES string of the molecule is NCC1CCCCN1C(=O)c1cccc(S(=O)(=O)N2CCCCC2)c1. The van der Waals surface area contributed by atoms with Crippen LogP contribution < -0.4 is 5.73 Å². The van der Waals surface area contributed by atoms with E-state index < -0.39 is 10.0 Å². The number of hydrogen-bond acceptors (Lipinski definition) is 4. The maximum atomic E-state index is 12.9. The lowest BCUT2D eigenvalue weighted by Crippen LogP contribution is -2.47. The van der Waals surface area contributed by atoms with Crippen LogP contribution in [0.4, 0.5) is 0 Å². The molecule has 1 aromatic rings. The fourth-order valence-electron chi connectivity index (χ4n) is 3.72. The first-order valence-corrected chi connectivity index (χ1v) is 10.6. The molecule has 1 unspecified atom stereocenters. The molecule has 6 nitrogen and oxygen atoms in total. The Balaban J connectivity index is 1.84. The topological polar surface area (TPSA) is 83.7 Å². The molecule has 1 aromatic carbocycles. The van der Waals surface area contributed by atoms with Crippen molar-refractivity contribution < 1.29 is 13.2 Å². The Kier molecular flexibility index (Phi) is 5.76. The summed E-state index contributed by atoms with van der Waals surface area (Å²) in [6.45, 7) is 2.24. The summed E-state index contributed by atoms with van der Waals surface area (Å²) < 4.78 is 27.2. The highest BCUT2D eigenvalue weighted by Crippen LogP contribution is 2.23. The maximum Gasteiger partial charge on any atom is 0.254 e. The number of sulfonamides is 1. The van der Waals surface area contributed by atoms with Gasteiger partial charge in [-0.1, -0.05) is 12.5 Å². The molecule has 2 saturated heterocycles. The van der Waals surface area contributed by atoms with E-state index in [4.69, 9.17) is 5.73 Å². The average Bonchev–Trinajstić information content (AvgIpc) is 2.68. The van der Waals surface area contributed by atoms with E-state index in [1.165, 1.54) is 10.4 Å². The van der Waals surface area contributed by atoms with Crippen molar-refractivity contribution in [3.05, 3.63) is 29.8 Å². The normalized spacial score (nSPS) is 22.8. The van der Waals surface area contributed by atoms with Gasteiger partial charge in [-0.05, 0) is 50.3 Å². The standard InChI is InChI=1S/C18H27N3O3S/c19-14-16-8-2-5-12-21(16)18(22)15-7-6-9-17(13-15)25(23,24)20-10-3-1-4-11-20/h6-7,9,13,16H,1-5,8,10-12,14,19H2. The summed E-state index contributed by atoms with van der Waals surface area (Å²) in [5, 5.41) is 0. The van der Waals surface area contributed by atoms with Crippen molar-refractivity contribution in [2.75, 3.05) is 26.2 Å². The number of hydrogen-bond donors (Lipinski definition) is 1. The molecule has 0 aromatic heterocycles. The van der Waals surface area contributed by atoms with Crippen molar-refractivity contribution in [2.24, 2.45) is 5.73 Å². The first-order valence-electron chi connectivity index (χ1n) is 9.15. The molecule has 0 bridgehead atoms. The summed E-state index contributed by atoms with van der Waals surface area (Å²) in [5.74, 6) is -0.120. The van der Waals surface area contributed by atoms with Gasteiger partial charge in [0.05, 0.1) is 4.90 Å². The Bertz CT molecular complexity index is 714. The zero-order valence-electron chi connectivity index (χ0n) is 14.6. The second-order valence-electron chi connectivity index (χ2n) is 6.88. The molecule has 0 spiro atoms. The number of nitrogens with two attached hydrogens (primary N) is 1. The summed E-state index contributed by atoms with van der Waals surface area (Å²) in [6, 6.07) is 6.50. The van der Waals surface area contributed by atoms with Crippen LogP contribution in [0.25, 0.3) is 0 Å². The molecule has 2 aliphatic heterocycles. The van der Waals surface area contributed by atoms with E-state index in [2.05, 4.69) is 0 Å². The summed E-state index contributed by atoms with van der Waals surface area (Å²) in [4.78, 5) is 14.9. The fourth-order valence-corrected chi connectivity index (χ4v) is 5.29. The van der Waals surface area contributed by atoms with Crippen LogP contribution in [0, 0.1) is 0 Å². The minimum Gasteiger partial charge on any atom is -0.334 e. The Morgan fingerprint density at radius 2 is 1.80 bits per heavy atom. The largest absolute Gasteiger partial charge is 0.334 e. The smallest absolute Gasteiger partial charge is 0.254 e. The first kappa shape index (κ1) is 18.4. The fraction of sp³-hybridized carbons (Fsp3) is 0.611. The van der Waals surface area contributed by atoms with Gasteiger partial charge in [0.2, 0.25) is 10.0 Å². The molecular formula is C18H27N3O3S. The molecule has 0 radical (unpaired) electrons. The van der Waals surface area contributed by atoms with Crippen molar-refractivity contribution in [3.63, 3.8) is 0 Å². The Labute approximate surface area is 150 Å². The van der Waals surface area contributed by atoms with Crippen molar-refractivity contribution in [1.82, 2.24) is 9.21 Å². The third-order valence-corrected chi connectivity index (χ3v) is 7.09. The molecule has 2 heterocycles. The molecule has 3 rings (SSSR count). The number of rotatable bonds is 4. The zero-order chi connectivity index (χ0) is 17.9. The van der Waals surface area contributed by atoms with E-state index in [0.29, 0.717) is 31.7 Å². The summed E-state index contributed by atoms with van der Waals surface area (Å²) in [6.07, 6.45) is 5.81. The number of carbonyl (C=O) groups is 1. The Morgan fingerprint density at radius 1 is 1.08 bits per heavy atom. The number of amides is 1. The predicted molar refractivity (Wildman–Crippen MR) is 96.8 cm³/mol. The number of piperidine rings is 2. The molecule has 1 atom stereocenters. The second-order valence-corrected chi connectivity index (χ2v) is 8.81. The number of nitrogens with zero attached hydrogens (tertiary/aromatic N) is 2. The van der Waals surface area contributed by atoms with Crippen LogP contribution >= 0.6 is 0 Å². The average molecular weight is 365 g/mol.